The summed E-state index contributed by atoms with van der Waals surface area (Å²) < 4.78 is 6.82. The molecule has 0 unspecified atom stereocenters. The van der Waals surface area contributed by atoms with Gasteiger partial charge in [0.1, 0.15) is 16.0 Å². The van der Waals surface area contributed by atoms with Crippen LogP contribution in [-0.4, -0.2) is 21.6 Å². The Morgan fingerprint density at radius 3 is 2.76 bits per heavy atom. The normalized spacial score (nSPS) is 10.4. The highest BCUT2D eigenvalue weighted by Gasteiger charge is 2.12. The lowest BCUT2D eigenvalue weighted by Gasteiger charge is -2.10. The number of nitro benzene ring substituents is 1. The highest BCUT2D eigenvalue weighted by Crippen LogP contribution is 2.23. The Balaban J connectivity index is 2.49. The number of halogens is 1. The largest absolute Gasteiger partial charge is 0.496 e. The van der Waals surface area contributed by atoms with Crippen molar-refractivity contribution in [2.24, 2.45) is 0 Å². The molecule has 8 heteroatoms. The van der Waals surface area contributed by atoms with Crippen molar-refractivity contribution in [3.8, 4) is 5.75 Å². The summed E-state index contributed by atoms with van der Waals surface area (Å²) in [5.74, 6) is 0.890. The lowest BCUT2D eigenvalue weighted by Crippen LogP contribution is -2.24. The van der Waals surface area contributed by atoms with Crippen molar-refractivity contribution in [2.45, 2.75) is 13.5 Å². The minimum Gasteiger partial charge on any atom is -0.496 e. The summed E-state index contributed by atoms with van der Waals surface area (Å²) >= 11 is 3.13. The highest BCUT2D eigenvalue weighted by atomic mass is 79.9. The molecule has 0 saturated carbocycles. The fraction of sp³-hybridized carbons (Fsp3) is 0.231. The lowest BCUT2D eigenvalue weighted by atomic mass is 10.2. The molecule has 2 rings (SSSR count). The van der Waals surface area contributed by atoms with E-state index in [1.807, 2.05) is 0 Å². The van der Waals surface area contributed by atoms with Crippen molar-refractivity contribution >= 4 is 21.6 Å². The Bertz CT molecular complexity index is 758. The van der Waals surface area contributed by atoms with Crippen molar-refractivity contribution in [1.82, 2.24) is 9.55 Å². The smallest absolute Gasteiger partial charge is 0.273 e. The van der Waals surface area contributed by atoms with Crippen molar-refractivity contribution in [3.05, 3.63) is 60.7 Å². The topological polar surface area (TPSA) is 87.3 Å². The Morgan fingerprint density at radius 2 is 2.14 bits per heavy atom. The minimum atomic E-state index is -0.499. The van der Waals surface area contributed by atoms with Crippen LogP contribution in [0.1, 0.15) is 11.4 Å². The molecule has 0 aliphatic heterocycles. The van der Waals surface area contributed by atoms with Crippen LogP contribution in [0.2, 0.25) is 0 Å². The molecule has 0 fully saturated rings. The molecule has 0 radical (unpaired) electrons. The van der Waals surface area contributed by atoms with E-state index in [1.165, 1.54) is 30.0 Å². The van der Waals surface area contributed by atoms with Crippen LogP contribution in [0.3, 0.4) is 0 Å². The van der Waals surface area contributed by atoms with Crippen molar-refractivity contribution in [2.75, 3.05) is 7.11 Å². The fourth-order valence-electron chi connectivity index (χ4n) is 1.88. The van der Waals surface area contributed by atoms with Gasteiger partial charge in [0.25, 0.3) is 11.2 Å². The molecule has 0 spiro atoms. The van der Waals surface area contributed by atoms with E-state index in [0.29, 0.717) is 21.6 Å². The molecule has 0 bridgehead atoms. The number of aromatic nitrogens is 2. The number of nitrogens with zero attached hydrogens (tertiary/aromatic N) is 3. The van der Waals surface area contributed by atoms with Gasteiger partial charge in [0.05, 0.1) is 24.6 Å². The number of nitro groups is 1. The van der Waals surface area contributed by atoms with E-state index in [4.69, 9.17) is 4.74 Å². The number of hydrogen-bond acceptors (Lipinski definition) is 5. The van der Waals surface area contributed by atoms with Gasteiger partial charge in [-0.3, -0.25) is 19.5 Å². The number of aryl methyl sites for hydroxylation is 1. The number of ether oxygens (including phenoxy) is 1. The first-order valence-corrected chi connectivity index (χ1v) is 6.76. The number of benzene rings is 1. The molecule has 1 aromatic heterocycles. The second-order valence-corrected chi connectivity index (χ2v) is 5.20. The first kappa shape index (κ1) is 15.2. The molecule has 1 aromatic carbocycles. The van der Waals surface area contributed by atoms with Gasteiger partial charge in [0.15, 0.2) is 0 Å². The Labute approximate surface area is 128 Å². The van der Waals surface area contributed by atoms with Gasteiger partial charge in [-0.25, -0.2) is 4.98 Å². The summed E-state index contributed by atoms with van der Waals surface area (Å²) in [7, 11) is 1.43. The quantitative estimate of drug-likeness (QED) is 0.621. The molecule has 1 heterocycles. The van der Waals surface area contributed by atoms with Gasteiger partial charge in [-0.05, 0) is 34.5 Å². The van der Waals surface area contributed by atoms with Crippen molar-refractivity contribution in [1.29, 1.82) is 0 Å². The van der Waals surface area contributed by atoms with E-state index < -0.39 is 4.92 Å². The summed E-state index contributed by atoms with van der Waals surface area (Å²) in [5, 5.41) is 10.9. The maximum absolute atomic E-state index is 12.1. The fourth-order valence-corrected chi connectivity index (χ4v) is 2.19. The predicted octanol–water partition coefficient (Wildman–Crippen LogP) is 2.28. The van der Waals surface area contributed by atoms with Crippen molar-refractivity contribution in [3.63, 3.8) is 0 Å². The molecule has 0 N–H and O–H groups in total. The molecule has 0 aliphatic carbocycles. The molecular formula is C13H12BrN3O4. The van der Waals surface area contributed by atoms with E-state index >= 15 is 0 Å². The summed E-state index contributed by atoms with van der Waals surface area (Å²) in [5.41, 5.74) is 0.261. The van der Waals surface area contributed by atoms with E-state index in [9.17, 15) is 14.9 Å². The molecule has 0 atom stereocenters. The molecule has 21 heavy (non-hydrogen) atoms. The zero-order valence-electron chi connectivity index (χ0n) is 11.4. The van der Waals surface area contributed by atoms with Gasteiger partial charge in [-0.15, -0.1) is 0 Å². The third kappa shape index (κ3) is 3.27. The highest BCUT2D eigenvalue weighted by molar-refractivity contribution is 9.10. The first-order chi connectivity index (χ1) is 9.92. The predicted molar refractivity (Wildman–Crippen MR) is 79.7 cm³/mol. The third-order valence-electron chi connectivity index (χ3n) is 2.94. The number of hydrogen-bond donors (Lipinski definition) is 0. The molecule has 110 valence electrons. The zero-order valence-corrected chi connectivity index (χ0v) is 13.0. The van der Waals surface area contributed by atoms with Crippen LogP contribution in [0, 0.1) is 17.0 Å². The summed E-state index contributed by atoms with van der Waals surface area (Å²) in [6.45, 7) is 1.87. The minimum absolute atomic E-state index is 0.0852. The van der Waals surface area contributed by atoms with Gasteiger partial charge < -0.3 is 4.74 Å². The number of methoxy groups -OCH3 is 1. The van der Waals surface area contributed by atoms with Crippen LogP contribution < -0.4 is 10.3 Å². The summed E-state index contributed by atoms with van der Waals surface area (Å²) in [6.07, 6.45) is 1.43. The number of non-ortho nitro benzene ring substituents is 1. The van der Waals surface area contributed by atoms with E-state index in [-0.39, 0.29) is 17.8 Å². The van der Waals surface area contributed by atoms with Crippen LogP contribution in [-0.2, 0) is 6.54 Å². The van der Waals surface area contributed by atoms with Crippen LogP contribution in [0.4, 0.5) is 5.69 Å². The van der Waals surface area contributed by atoms with Crippen LogP contribution >= 0.6 is 15.9 Å². The third-order valence-corrected chi connectivity index (χ3v) is 3.49. The van der Waals surface area contributed by atoms with Gasteiger partial charge in [0, 0.05) is 12.3 Å². The van der Waals surface area contributed by atoms with E-state index in [2.05, 4.69) is 20.9 Å². The zero-order chi connectivity index (χ0) is 15.6. The van der Waals surface area contributed by atoms with E-state index in [1.54, 1.807) is 13.0 Å². The molecular weight excluding hydrogens is 342 g/mol. The first-order valence-electron chi connectivity index (χ1n) is 5.96. The maximum Gasteiger partial charge on any atom is 0.273 e. The average molecular weight is 354 g/mol. The van der Waals surface area contributed by atoms with E-state index in [0.717, 1.165) is 0 Å². The van der Waals surface area contributed by atoms with Crippen LogP contribution in [0.5, 0.6) is 5.75 Å². The van der Waals surface area contributed by atoms with Crippen molar-refractivity contribution < 1.29 is 9.66 Å². The SMILES string of the molecule is COc1cc(Cn2c(C)ncc(Br)c2=O)cc([N+](=O)[O-])c1. The molecule has 0 amide bonds. The molecule has 7 nitrogen and oxygen atoms in total. The second-order valence-electron chi connectivity index (χ2n) is 4.34. The standard InChI is InChI=1S/C13H12BrN3O4/c1-8-15-6-12(14)13(18)16(8)7-9-3-10(17(19)20)5-11(4-9)21-2/h3-6H,7H2,1-2H3. The van der Waals surface area contributed by atoms with Gasteiger partial charge in [-0.2, -0.15) is 0 Å². The molecule has 2 aromatic rings. The monoisotopic (exact) mass is 353 g/mol. The summed E-state index contributed by atoms with van der Waals surface area (Å²) in [6, 6.07) is 4.40. The molecule has 0 saturated heterocycles. The number of rotatable bonds is 4. The van der Waals surface area contributed by atoms with Crippen LogP contribution in [0.15, 0.2) is 33.7 Å². The van der Waals surface area contributed by atoms with Crippen LogP contribution in [0.25, 0.3) is 0 Å². The molecule has 0 aliphatic rings. The maximum atomic E-state index is 12.1. The Hall–Kier alpha value is -2.22. The average Bonchev–Trinajstić information content (AvgIpc) is 2.47. The van der Waals surface area contributed by atoms with Gasteiger partial charge in [0.2, 0.25) is 0 Å². The second kappa shape index (κ2) is 6.04. The Morgan fingerprint density at radius 1 is 1.43 bits per heavy atom. The summed E-state index contributed by atoms with van der Waals surface area (Å²) in [4.78, 5) is 26.6. The Kier molecular flexibility index (Phi) is 4.37. The lowest BCUT2D eigenvalue weighted by molar-refractivity contribution is -0.385. The van der Waals surface area contributed by atoms with Gasteiger partial charge in [-0.1, -0.05) is 0 Å². The van der Waals surface area contributed by atoms with Gasteiger partial charge >= 0.3 is 0 Å².